The maximum absolute atomic E-state index is 13.5. The van der Waals surface area contributed by atoms with E-state index in [0.717, 1.165) is 55.3 Å². The molecule has 1 aromatic carbocycles. The quantitative estimate of drug-likeness (QED) is 0.478. The van der Waals surface area contributed by atoms with Crippen LogP contribution in [0.15, 0.2) is 41.4 Å². The molecule has 0 spiro atoms. The first kappa shape index (κ1) is 23.5. The van der Waals surface area contributed by atoms with E-state index in [4.69, 9.17) is 5.11 Å². The Morgan fingerprint density at radius 3 is 2.53 bits per heavy atom. The second kappa shape index (κ2) is 9.78. The number of benzene rings is 1. The summed E-state index contributed by atoms with van der Waals surface area (Å²) >= 11 is 0. The van der Waals surface area contributed by atoms with Crippen molar-refractivity contribution in [3.8, 4) is 0 Å². The van der Waals surface area contributed by atoms with E-state index in [9.17, 15) is 13.2 Å². The first-order chi connectivity index (χ1) is 16.5. The zero-order chi connectivity index (χ0) is 23.7. The Morgan fingerprint density at radius 1 is 1.09 bits per heavy atom. The van der Waals surface area contributed by atoms with Gasteiger partial charge >= 0.3 is 0 Å². The van der Waals surface area contributed by atoms with Gasteiger partial charge in [-0.05, 0) is 86.1 Å². The van der Waals surface area contributed by atoms with E-state index in [1.165, 1.54) is 12.8 Å². The average molecular weight is 483 g/mol. The lowest BCUT2D eigenvalue weighted by atomic mass is 9.92. The Bertz CT molecular complexity index is 1180. The molecule has 0 radical (unpaired) electrons. The maximum Gasteiger partial charge on any atom is 0.181 e. The average Bonchev–Trinajstić information content (AvgIpc) is 3.76. The smallest absolute Gasteiger partial charge is 0.181 e. The van der Waals surface area contributed by atoms with Gasteiger partial charge in [-0.1, -0.05) is 25.0 Å². The minimum Gasteiger partial charge on any atom is -0.396 e. The van der Waals surface area contributed by atoms with E-state index < -0.39 is 9.84 Å². The lowest BCUT2D eigenvalue weighted by molar-refractivity contribution is -0.113. The Hall–Kier alpha value is -2.25. The molecule has 34 heavy (non-hydrogen) atoms. The van der Waals surface area contributed by atoms with Crippen LogP contribution in [-0.2, 0) is 27.6 Å². The summed E-state index contributed by atoms with van der Waals surface area (Å²) in [7, 11) is -3.28. The number of hydrogen-bond acceptors (Lipinski definition) is 5. The summed E-state index contributed by atoms with van der Waals surface area (Å²) in [6.07, 6.45) is 12.9. The molecule has 0 aliphatic heterocycles. The van der Waals surface area contributed by atoms with Crippen molar-refractivity contribution >= 4 is 21.2 Å². The van der Waals surface area contributed by atoms with Crippen molar-refractivity contribution in [1.29, 1.82) is 0 Å². The Kier molecular flexibility index (Phi) is 6.76. The van der Waals surface area contributed by atoms with Crippen LogP contribution in [0.3, 0.4) is 0 Å². The number of Topliss-reactive ketones (excluding diaryl/α,β-unsaturated/α-hetero) is 1. The number of allylic oxidation sites excluding steroid dienone is 2. The molecule has 0 bridgehead atoms. The van der Waals surface area contributed by atoms with Crippen molar-refractivity contribution < 1.29 is 18.3 Å². The summed E-state index contributed by atoms with van der Waals surface area (Å²) in [4.78, 5) is 14.0. The van der Waals surface area contributed by atoms with Gasteiger partial charge in [-0.2, -0.15) is 5.10 Å². The van der Waals surface area contributed by atoms with Gasteiger partial charge in [0.15, 0.2) is 15.6 Å². The fourth-order valence-corrected chi connectivity index (χ4v) is 7.00. The van der Waals surface area contributed by atoms with Gasteiger partial charge in [-0.25, -0.2) is 8.42 Å². The molecule has 182 valence electrons. The maximum atomic E-state index is 13.5. The number of aromatic nitrogens is 2. The van der Waals surface area contributed by atoms with Crippen LogP contribution in [0, 0.1) is 5.92 Å². The lowest BCUT2D eigenvalue weighted by Crippen LogP contribution is -2.12. The highest BCUT2D eigenvalue weighted by atomic mass is 32.2. The molecule has 0 unspecified atom stereocenters. The fourth-order valence-electron chi connectivity index (χ4n) is 5.07. The van der Waals surface area contributed by atoms with Gasteiger partial charge in [0.25, 0.3) is 0 Å². The zero-order valence-corrected chi connectivity index (χ0v) is 20.5. The van der Waals surface area contributed by atoms with Gasteiger partial charge in [0.2, 0.25) is 0 Å². The molecule has 1 heterocycles. The predicted octanol–water partition coefficient (Wildman–Crippen LogP) is 4.46. The van der Waals surface area contributed by atoms with Crippen molar-refractivity contribution in [2.24, 2.45) is 5.92 Å². The second-order valence-electron chi connectivity index (χ2n) is 10.1. The Morgan fingerprint density at radius 2 is 1.85 bits per heavy atom. The molecule has 3 aliphatic rings. The number of rotatable bonds is 11. The predicted molar refractivity (Wildman–Crippen MR) is 131 cm³/mol. The molecule has 7 heteroatoms. The topological polar surface area (TPSA) is 89.3 Å². The Labute approximate surface area is 202 Å². The third kappa shape index (κ3) is 5.20. The third-order valence-corrected chi connectivity index (χ3v) is 9.63. The number of aliphatic hydroxyl groups excluding tert-OH is 1. The molecule has 1 N–H and O–H groups in total. The standard InChI is InChI=1S/C27H34N2O4S/c30-15-3-13-29-14-12-22(28-29)18-26(31)24(16-19-4-1-2-5-19)21-8-11-27(25(17-21)20-6-7-20)34(32,33)23-9-10-23/h8,11-12,14,16-17,19-20,23,30H,1-7,9-10,13,15,18H2/b24-16+. The summed E-state index contributed by atoms with van der Waals surface area (Å²) in [6.45, 7) is 0.731. The fraction of sp³-hybridized carbons (Fsp3) is 0.556. The van der Waals surface area contributed by atoms with E-state index in [2.05, 4.69) is 11.2 Å². The minimum atomic E-state index is -3.28. The summed E-state index contributed by atoms with van der Waals surface area (Å²) in [5.74, 6) is 0.702. The minimum absolute atomic E-state index is 0.0267. The molecular formula is C27H34N2O4S. The van der Waals surface area contributed by atoms with Crippen LogP contribution in [0.2, 0.25) is 0 Å². The van der Waals surface area contributed by atoms with E-state index in [1.807, 2.05) is 24.4 Å². The molecule has 3 fully saturated rings. The molecule has 0 saturated heterocycles. The molecule has 3 aliphatic carbocycles. The van der Waals surface area contributed by atoms with Crippen molar-refractivity contribution in [3.05, 3.63) is 53.4 Å². The molecular weight excluding hydrogens is 448 g/mol. The number of ketones is 1. The first-order valence-electron chi connectivity index (χ1n) is 12.7. The summed E-state index contributed by atoms with van der Waals surface area (Å²) in [5, 5.41) is 13.3. The SMILES string of the molecule is O=C(Cc1ccn(CCCO)n1)/C(=C/C1CCCC1)c1ccc(S(=O)(=O)C2CC2)c(C2CC2)c1. The molecule has 2 aromatic rings. The summed E-state index contributed by atoms with van der Waals surface area (Å²) < 4.78 is 27.9. The van der Waals surface area contributed by atoms with Gasteiger partial charge in [0.05, 0.1) is 22.3 Å². The third-order valence-electron chi connectivity index (χ3n) is 7.29. The highest BCUT2D eigenvalue weighted by Gasteiger charge is 2.40. The second-order valence-corrected chi connectivity index (χ2v) is 12.3. The lowest BCUT2D eigenvalue weighted by Gasteiger charge is -2.15. The molecule has 0 atom stereocenters. The largest absolute Gasteiger partial charge is 0.396 e. The van der Waals surface area contributed by atoms with E-state index >= 15 is 0 Å². The molecule has 3 saturated carbocycles. The normalized spacial score (nSPS) is 19.6. The number of sulfone groups is 1. The van der Waals surface area contributed by atoms with Gasteiger partial charge in [0, 0.05) is 24.9 Å². The number of carbonyl (C=O) groups is 1. The number of carbonyl (C=O) groups excluding carboxylic acids is 1. The van der Waals surface area contributed by atoms with Crippen LogP contribution >= 0.6 is 0 Å². The van der Waals surface area contributed by atoms with Crippen molar-refractivity contribution in [1.82, 2.24) is 9.78 Å². The van der Waals surface area contributed by atoms with Crippen LogP contribution < -0.4 is 0 Å². The van der Waals surface area contributed by atoms with Crippen LogP contribution in [0.1, 0.15) is 80.5 Å². The molecule has 0 amide bonds. The zero-order valence-electron chi connectivity index (χ0n) is 19.7. The van der Waals surface area contributed by atoms with Crippen LogP contribution in [0.5, 0.6) is 0 Å². The molecule has 5 rings (SSSR count). The van der Waals surface area contributed by atoms with Crippen molar-refractivity contribution in [2.45, 2.75) is 86.8 Å². The number of aliphatic hydroxyl groups is 1. The number of nitrogens with zero attached hydrogens (tertiary/aromatic N) is 2. The van der Waals surface area contributed by atoms with E-state index in [0.29, 0.717) is 29.4 Å². The van der Waals surface area contributed by atoms with Crippen molar-refractivity contribution in [2.75, 3.05) is 6.61 Å². The van der Waals surface area contributed by atoms with Crippen LogP contribution in [0.4, 0.5) is 0 Å². The first-order valence-corrected chi connectivity index (χ1v) is 14.3. The molecule has 6 nitrogen and oxygen atoms in total. The summed E-state index contributed by atoms with van der Waals surface area (Å²) in [5.41, 5.74) is 3.17. The van der Waals surface area contributed by atoms with Gasteiger partial charge in [-0.3, -0.25) is 9.48 Å². The van der Waals surface area contributed by atoms with Gasteiger partial charge in [0.1, 0.15) is 0 Å². The molecule has 1 aromatic heterocycles. The highest BCUT2D eigenvalue weighted by molar-refractivity contribution is 7.92. The monoisotopic (exact) mass is 482 g/mol. The van der Waals surface area contributed by atoms with Gasteiger partial charge < -0.3 is 5.11 Å². The summed E-state index contributed by atoms with van der Waals surface area (Å²) in [6, 6.07) is 7.46. The highest BCUT2D eigenvalue weighted by Crippen LogP contribution is 2.46. The van der Waals surface area contributed by atoms with E-state index in [-0.39, 0.29) is 30.0 Å². The number of hydrogen-bond donors (Lipinski definition) is 1. The number of aryl methyl sites for hydroxylation is 1. The van der Waals surface area contributed by atoms with Crippen LogP contribution in [0.25, 0.3) is 5.57 Å². The van der Waals surface area contributed by atoms with Crippen molar-refractivity contribution in [3.63, 3.8) is 0 Å². The van der Waals surface area contributed by atoms with Gasteiger partial charge in [-0.15, -0.1) is 0 Å². The van der Waals surface area contributed by atoms with Crippen LogP contribution in [-0.4, -0.2) is 40.9 Å². The van der Waals surface area contributed by atoms with E-state index in [1.54, 1.807) is 10.7 Å². The Balaban J connectivity index is 1.45.